The summed E-state index contributed by atoms with van der Waals surface area (Å²) in [5.74, 6) is 0. The van der Waals surface area contributed by atoms with Gasteiger partial charge in [-0.3, -0.25) is 9.34 Å². The quantitative estimate of drug-likeness (QED) is 0.512. The van der Waals surface area contributed by atoms with Crippen LogP contribution in [0.4, 0.5) is 0 Å². The van der Waals surface area contributed by atoms with E-state index < -0.39 is 23.7 Å². The van der Waals surface area contributed by atoms with Crippen molar-refractivity contribution < 1.29 is 0 Å². The van der Waals surface area contributed by atoms with E-state index in [9.17, 15) is 0 Å². The lowest BCUT2D eigenvalue weighted by molar-refractivity contribution is 0.222. The van der Waals surface area contributed by atoms with Crippen molar-refractivity contribution in [1.82, 2.24) is 9.34 Å². The van der Waals surface area contributed by atoms with Gasteiger partial charge in [0, 0.05) is 12.1 Å². The smallest absolute Gasteiger partial charge is 0.140 e. The molecule has 6 heteroatoms. The minimum absolute atomic E-state index is 0.562. The summed E-state index contributed by atoms with van der Waals surface area (Å²) >= 11 is 6.99. The molecule has 0 aromatic heterocycles. The standard InChI is InChI=1S/C14H32ClN2PSi2/c1-19(2,3)11-16-13-9-7-8-10-14(13)17(18(16)15)12-20(4,5)6/h13-14H,7-12H2,1-6H3/t13-,14-/m1/s1. The lowest BCUT2D eigenvalue weighted by atomic mass is 9.90. The van der Waals surface area contributed by atoms with E-state index in [2.05, 4.69) is 48.6 Å². The molecule has 2 aliphatic rings. The highest BCUT2D eigenvalue weighted by Gasteiger charge is 2.49. The fourth-order valence-electron chi connectivity index (χ4n) is 3.50. The maximum Gasteiger partial charge on any atom is 0.140 e. The van der Waals surface area contributed by atoms with Crippen LogP contribution in [-0.2, 0) is 0 Å². The Morgan fingerprint density at radius 1 is 0.850 bits per heavy atom. The molecule has 0 aromatic rings. The fourth-order valence-corrected chi connectivity index (χ4v) is 12.4. The van der Waals surface area contributed by atoms with Gasteiger partial charge in [0.05, 0.1) is 16.1 Å². The van der Waals surface area contributed by atoms with E-state index in [0.717, 1.165) is 12.1 Å². The van der Waals surface area contributed by atoms with Gasteiger partial charge >= 0.3 is 0 Å². The minimum Gasteiger partial charge on any atom is -0.256 e. The normalized spacial score (nSPS) is 30.8. The summed E-state index contributed by atoms with van der Waals surface area (Å²) in [5, 5.41) is 0. The molecule has 1 aliphatic carbocycles. The maximum atomic E-state index is 6.99. The molecule has 0 bridgehead atoms. The molecule has 0 amide bonds. The number of fused-ring (bicyclic) bond motifs is 1. The van der Waals surface area contributed by atoms with Crippen LogP contribution >= 0.6 is 18.8 Å². The minimum atomic E-state index is -1.09. The van der Waals surface area contributed by atoms with Crippen molar-refractivity contribution in [2.75, 3.05) is 12.3 Å². The van der Waals surface area contributed by atoms with Crippen LogP contribution < -0.4 is 0 Å². The van der Waals surface area contributed by atoms with Crippen LogP contribution in [0.3, 0.4) is 0 Å². The molecule has 0 spiro atoms. The molecule has 118 valence electrons. The van der Waals surface area contributed by atoms with Gasteiger partial charge in [-0.05, 0) is 25.2 Å². The summed E-state index contributed by atoms with van der Waals surface area (Å²) in [5.41, 5.74) is 0. The number of nitrogens with zero attached hydrogens (tertiary/aromatic N) is 2. The van der Waals surface area contributed by atoms with E-state index in [1.54, 1.807) is 0 Å². The van der Waals surface area contributed by atoms with Crippen molar-refractivity contribution in [3.63, 3.8) is 0 Å². The average molecular weight is 351 g/mol. The van der Waals surface area contributed by atoms with Gasteiger partial charge in [-0.2, -0.15) is 0 Å². The summed E-state index contributed by atoms with van der Waals surface area (Å²) in [4.78, 5) is 0. The molecule has 0 aromatic carbocycles. The maximum absolute atomic E-state index is 6.99. The fraction of sp³-hybridized carbons (Fsp3) is 1.00. The zero-order chi connectivity index (χ0) is 15.1. The van der Waals surface area contributed by atoms with Crippen molar-refractivity contribution in [3.05, 3.63) is 0 Å². The van der Waals surface area contributed by atoms with Crippen molar-refractivity contribution in [1.29, 1.82) is 0 Å². The highest BCUT2D eigenvalue weighted by atomic mass is 35.7. The molecule has 0 N–H and O–H groups in total. The van der Waals surface area contributed by atoms with Crippen LogP contribution in [0, 0.1) is 0 Å². The zero-order valence-electron chi connectivity index (χ0n) is 14.1. The Morgan fingerprint density at radius 3 is 1.50 bits per heavy atom. The lowest BCUT2D eigenvalue weighted by Crippen LogP contribution is -2.46. The number of rotatable bonds is 4. The molecule has 20 heavy (non-hydrogen) atoms. The molecular weight excluding hydrogens is 319 g/mol. The van der Waals surface area contributed by atoms with Crippen LogP contribution in [0.15, 0.2) is 0 Å². The summed E-state index contributed by atoms with van der Waals surface area (Å²) in [6.45, 7) is 14.9. The first-order valence-electron chi connectivity index (χ1n) is 8.07. The average Bonchev–Trinajstić information content (AvgIpc) is 2.52. The van der Waals surface area contributed by atoms with E-state index in [4.69, 9.17) is 11.2 Å². The van der Waals surface area contributed by atoms with E-state index >= 15 is 0 Å². The lowest BCUT2D eigenvalue weighted by Gasteiger charge is -2.34. The first-order valence-corrected chi connectivity index (χ1v) is 17.6. The van der Waals surface area contributed by atoms with E-state index in [0.29, 0.717) is 0 Å². The van der Waals surface area contributed by atoms with Gasteiger partial charge in [-0.15, -0.1) is 0 Å². The van der Waals surface area contributed by atoms with E-state index in [-0.39, 0.29) is 0 Å². The SMILES string of the molecule is C[Si](C)(C)CN1[C@@H]2CCCC[C@H]2N(C[Si](C)(C)C)P1Cl. The molecule has 2 atom stereocenters. The summed E-state index contributed by atoms with van der Waals surface area (Å²) in [7, 11) is -2.74. The Hall–Kier alpha value is 1.07. The predicted molar refractivity (Wildman–Crippen MR) is 98.9 cm³/mol. The van der Waals surface area contributed by atoms with Crippen LogP contribution in [0.25, 0.3) is 0 Å². The summed E-state index contributed by atoms with van der Waals surface area (Å²) < 4.78 is 5.46. The second-order valence-electron chi connectivity index (χ2n) is 8.98. The molecule has 0 radical (unpaired) electrons. The van der Waals surface area contributed by atoms with Gasteiger partial charge in [0.15, 0.2) is 0 Å². The topological polar surface area (TPSA) is 6.48 Å². The summed E-state index contributed by atoms with van der Waals surface area (Å²) in [6, 6.07) is 1.52. The van der Waals surface area contributed by atoms with Crippen LogP contribution in [0.2, 0.25) is 39.3 Å². The summed E-state index contributed by atoms with van der Waals surface area (Å²) in [6.07, 6.45) is 8.14. The van der Waals surface area contributed by atoms with Crippen LogP contribution in [0.5, 0.6) is 0 Å². The Balaban J connectivity index is 2.17. The van der Waals surface area contributed by atoms with Gasteiger partial charge in [0.25, 0.3) is 0 Å². The number of hydrogen-bond acceptors (Lipinski definition) is 2. The molecule has 1 saturated heterocycles. The van der Waals surface area contributed by atoms with Crippen LogP contribution in [0.1, 0.15) is 25.7 Å². The predicted octanol–water partition coefficient (Wildman–Crippen LogP) is 5.14. The zero-order valence-corrected chi connectivity index (χ0v) is 17.8. The first-order chi connectivity index (χ1) is 9.08. The Bertz CT molecular complexity index is 311. The largest absolute Gasteiger partial charge is 0.256 e. The van der Waals surface area contributed by atoms with Gasteiger partial charge in [0.1, 0.15) is 7.58 Å². The monoisotopic (exact) mass is 350 g/mol. The number of halogens is 1. The van der Waals surface area contributed by atoms with Gasteiger partial charge < -0.3 is 0 Å². The highest BCUT2D eigenvalue weighted by Crippen LogP contribution is 2.60. The van der Waals surface area contributed by atoms with Crippen LogP contribution in [-0.4, -0.2) is 49.9 Å². The molecule has 1 heterocycles. The molecule has 1 aliphatic heterocycles. The van der Waals surface area contributed by atoms with E-state index in [1.807, 2.05) is 0 Å². The Morgan fingerprint density at radius 2 is 1.20 bits per heavy atom. The molecule has 2 nitrogen and oxygen atoms in total. The second-order valence-corrected chi connectivity index (χ2v) is 22.3. The molecule has 2 rings (SSSR count). The Labute approximate surface area is 133 Å². The number of hydrogen-bond donors (Lipinski definition) is 0. The molecular formula is C14H32ClN2PSi2. The van der Waals surface area contributed by atoms with E-state index in [1.165, 1.54) is 38.0 Å². The van der Waals surface area contributed by atoms with Crippen molar-refractivity contribution in [2.24, 2.45) is 0 Å². The molecule has 2 fully saturated rings. The highest BCUT2D eigenvalue weighted by molar-refractivity contribution is 7.80. The molecule has 0 unspecified atom stereocenters. The third-order valence-electron chi connectivity index (χ3n) is 4.16. The third kappa shape index (κ3) is 4.30. The van der Waals surface area contributed by atoms with Gasteiger partial charge in [-0.1, -0.05) is 63.4 Å². The van der Waals surface area contributed by atoms with Gasteiger partial charge in [-0.25, -0.2) is 0 Å². The van der Waals surface area contributed by atoms with Crippen molar-refractivity contribution in [3.8, 4) is 0 Å². The molecule has 1 saturated carbocycles. The second kappa shape index (κ2) is 6.29. The van der Waals surface area contributed by atoms with Crippen molar-refractivity contribution in [2.45, 2.75) is 77.0 Å². The Kier molecular flexibility index (Phi) is 5.48. The van der Waals surface area contributed by atoms with Crippen molar-refractivity contribution >= 4 is 35.0 Å². The van der Waals surface area contributed by atoms with Gasteiger partial charge in [0.2, 0.25) is 0 Å². The third-order valence-corrected chi connectivity index (χ3v) is 10.2. The first kappa shape index (κ1) is 17.4.